The van der Waals surface area contributed by atoms with Gasteiger partial charge in [-0.2, -0.15) is 13.2 Å². The molecule has 22 heteroatoms. The Morgan fingerprint density at radius 3 is 1.43 bits per heavy atom. The van der Waals surface area contributed by atoms with E-state index in [4.69, 9.17) is 20.3 Å². The van der Waals surface area contributed by atoms with Crippen LogP contribution in [-0.2, 0) is 36.7 Å². The van der Waals surface area contributed by atoms with Gasteiger partial charge in [-0.1, -0.05) is 36.4 Å². The van der Waals surface area contributed by atoms with Gasteiger partial charge in [-0.25, -0.2) is 18.4 Å². The fourth-order valence-electron chi connectivity index (χ4n) is 6.91. The van der Waals surface area contributed by atoms with Crippen molar-refractivity contribution in [2.24, 2.45) is 5.73 Å². The maximum Gasteiger partial charge on any atom is 2.00 e. The van der Waals surface area contributed by atoms with Crippen LogP contribution in [0.2, 0.25) is 0 Å². The molecule has 2 fully saturated rings. The molecule has 16 nitrogen and oxygen atoms in total. The summed E-state index contributed by atoms with van der Waals surface area (Å²) in [5, 5.41) is 14.1. The number of ether oxygens (including phenoxy) is 2. The van der Waals surface area contributed by atoms with E-state index in [1.807, 2.05) is 5.32 Å². The molecule has 364 valence electrons. The Hall–Kier alpha value is -3.55. The molecule has 4 atom stereocenters. The minimum Gasteiger partial charge on any atom is -0.870 e. The first-order valence-corrected chi connectivity index (χ1v) is 20.5. The number of amides is 5. The third-order valence-electron chi connectivity index (χ3n) is 9.55. The van der Waals surface area contributed by atoms with Crippen molar-refractivity contribution in [3.63, 3.8) is 0 Å². The van der Waals surface area contributed by atoms with Crippen molar-refractivity contribution in [1.82, 2.24) is 25.8 Å². The number of carbonyl (C=O) groups excluding carboxylic acids is 5. The minimum absolute atomic E-state index is 0. The van der Waals surface area contributed by atoms with Gasteiger partial charge >= 0.3 is 73.2 Å². The van der Waals surface area contributed by atoms with Crippen molar-refractivity contribution < 1.29 is 71.5 Å². The minimum atomic E-state index is -5.00. The average molecular weight is 1060 g/mol. The van der Waals surface area contributed by atoms with Crippen LogP contribution in [0.1, 0.15) is 91.2 Å². The Kier molecular flexibility index (Phi) is 29.3. The second kappa shape index (κ2) is 30.0. The molecule has 2 aromatic rings. The molecule has 0 bridgehead atoms. The molecule has 2 heterocycles. The summed E-state index contributed by atoms with van der Waals surface area (Å²) < 4.78 is 76.1. The van der Waals surface area contributed by atoms with E-state index < -0.39 is 65.3 Å². The molecule has 0 aromatic heterocycles. The van der Waals surface area contributed by atoms with Crippen LogP contribution in [0.25, 0.3) is 0 Å². The van der Waals surface area contributed by atoms with Gasteiger partial charge in [0, 0.05) is 70.3 Å². The van der Waals surface area contributed by atoms with E-state index in [-0.39, 0.29) is 110 Å². The third-order valence-corrected chi connectivity index (χ3v) is 9.55. The molecule has 0 unspecified atom stereocenters. The molecule has 2 aliphatic rings. The predicted molar refractivity (Wildman–Crippen MR) is 231 cm³/mol. The molecule has 2 aromatic carbocycles. The Balaban J connectivity index is 0. The van der Waals surface area contributed by atoms with Crippen LogP contribution in [0.5, 0.6) is 0 Å². The van der Waals surface area contributed by atoms with Crippen molar-refractivity contribution in [3.05, 3.63) is 71.3 Å². The first kappa shape index (κ1) is 63.5. The molecule has 0 saturated carbocycles. The van der Waals surface area contributed by atoms with E-state index in [2.05, 4.69) is 10.6 Å². The molecule has 0 spiro atoms. The molecule has 65 heavy (non-hydrogen) atoms. The Labute approximate surface area is 418 Å². The predicted octanol–water partition coefficient (Wildman–Crippen LogP) is 4.80. The number of nitrogens with two attached hydrogens (primary N) is 1. The average Bonchev–Trinajstić information content (AvgIpc) is 3.85. The molecule has 2 aliphatic heterocycles. The van der Waals surface area contributed by atoms with Gasteiger partial charge in [0.2, 0.25) is 11.8 Å². The topological polar surface area (TPSA) is 253 Å². The van der Waals surface area contributed by atoms with E-state index in [0.29, 0.717) is 43.6 Å². The van der Waals surface area contributed by atoms with Crippen LogP contribution in [-0.4, -0.2) is 179 Å². The summed E-state index contributed by atoms with van der Waals surface area (Å²) in [5.41, 5.74) is 5.05. The Morgan fingerprint density at radius 2 is 1.08 bits per heavy atom. The summed E-state index contributed by atoms with van der Waals surface area (Å²) in [7, 11) is 1.00. The summed E-state index contributed by atoms with van der Waals surface area (Å²) in [5.74, 6) is -3.42. The van der Waals surface area contributed by atoms with Crippen molar-refractivity contribution in [1.29, 1.82) is 0 Å². The SMILES string of the molecule is CC(C)(C)OC(=O)N[C@@H](CC(=O)N1CCC[C@H]1CN)Cc1ccccc1F.CC(C)(C)OC(=O)N[C@@H](CC(=O)N1CCC[C@H]1CNC(=O)C(F)(F)F)Cc1ccccc1F.CO.[Ba+2].[OH-].[OH-]. The number of hydrogen-bond donors (Lipinski definition) is 5. The molecular weight excluding hydrogens is 993 g/mol. The molecule has 8 N–H and O–H groups in total. The molecule has 5 amide bonds. The molecule has 0 aliphatic carbocycles. The fraction of sp³-hybridized carbons (Fsp3) is 0.605. The van der Waals surface area contributed by atoms with Crippen molar-refractivity contribution in [2.45, 2.75) is 134 Å². The molecular formula is C43H65BaF5N6O10. The van der Waals surface area contributed by atoms with Crippen molar-refractivity contribution in [2.75, 3.05) is 33.3 Å². The normalized spacial score (nSPS) is 16.5. The molecule has 4 rings (SSSR count). The van der Waals surface area contributed by atoms with Crippen LogP contribution in [0, 0.1) is 11.6 Å². The van der Waals surface area contributed by atoms with Gasteiger partial charge in [0.05, 0.1) is 0 Å². The molecule has 0 radical (unpaired) electrons. The standard InChI is InChI=1S/C22H29F4N3O4.C20H30FN3O3.CH4O.Ba.2H2O/c1-21(2,3)33-20(32)28-15(11-14-7-4-5-9-17(14)23)12-18(30)29-10-6-8-16(29)13-27-19(31)22(24,25)26;1-20(2,3)27-19(26)23-15(11-14-7-4-5-9-17(14)21)12-18(25)24-10-6-8-16(24)13-22;1-2;;;/h4-5,7,9,15-16H,6,8,10-13H2,1-3H3,(H,27,31)(H,28,32);4-5,7,9,15-16H,6,8,10-13,22H2,1-3H3,(H,23,26);2H,1H3;;2*1H2/q;;;+2;;/p-2/t2*15-,16+;;;;/m11..../s1. The van der Waals surface area contributed by atoms with E-state index in [1.54, 1.807) is 70.7 Å². The number of alkyl carbamates (subject to hydrolysis) is 2. The van der Waals surface area contributed by atoms with E-state index >= 15 is 0 Å². The van der Waals surface area contributed by atoms with Crippen LogP contribution >= 0.6 is 0 Å². The number of nitrogens with one attached hydrogen (secondary N) is 3. The van der Waals surface area contributed by atoms with E-state index in [1.165, 1.54) is 29.2 Å². The summed E-state index contributed by atoms with van der Waals surface area (Å²) in [6, 6.07) is 10.4. The van der Waals surface area contributed by atoms with Gasteiger partial charge in [0.1, 0.15) is 22.8 Å². The second-order valence-corrected chi connectivity index (χ2v) is 16.9. The maximum atomic E-state index is 14.2. The summed E-state index contributed by atoms with van der Waals surface area (Å²) in [6.07, 6.45) is -3.50. The van der Waals surface area contributed by atoms with Gasteiger partial charge < -0.3 is 57.0 Å². The van der Waals surface area contributed by atoms with Gasteiger partial charge in [-0.15, -0.1) is 0 Å². The zero-order valence-corrected chi connectivity index (χ0v) is 42.6. The van der Waals surface area contributed by atoms with Gasteiger partial charge in [0.25, 0.3) is 0 Å². The van der Waals surface area contributed by atoms with Crippen molar-refractivity contribution in [3.8, 4) is 0 Å². The summed E-state index contributed by atoms with van der Waals surface area (Å²) in [4.78, 5) is 64.4. The van der Waals surface area contributed by atoms with E-state index in [0.717, 1.165) is 20.0 Å². The van der Waals surface area contributed by atoms with Crippen LogP contribution in [0.3, 0.4) is 0 Å². The first-order chi connectivity index (χ1) is 29.0. The number of carbonyl (C=O) groups is 5. The quantitative estimate of drug-likeness (QED) is 0.135. The van der Waals surface area contributed by atoms with Gasteiger partial charge in [0.15, 0.2) is 0 Å². The maximum absolute atomic E-state index is 14.2. The largest absolute Gasteiger partial charge is 2.00 e. The second-order valence-electron chi connectivity index (χ2n) is 16.9. The number of nitrogens with zero attached hydrogens (tertiary/aromatic N) is 2. The number of hydrogen-bond acceptors (Lipinski definition) is 11. The van der Waals surface area contributed by atoms with Gasteiger partial charge in [-0.3, -0.25) is 14.4 Å². The Morgan fingerprint density at radius 1 is 0.708 bits per heavy atom. The zero-order valence-electron chi connectivity index (χ0n) is 38.2. The summed E-state index contributed by atoms with van der Waals surface area (Å²) >= 11 is 0. The summed E-state index contributed by atoms with van der Waals surface area (Å²) in [6.45, 7) is 11.4. The first-order valence-electron chi connectivity index (χ1n) is 20.5. The number of halogens is 5. The number of aliphatic hydroxyl groups is 1. The van der Waals surface area contributed by atoms with Crippen LogP contribution < -0.4 is 21.7 Å². The number of rotatable bonds is 13. The van der Waals surface area contributed by atoms with Crippen LogP contribution in [0.15, 0.2) is 48.5 Å². The number of alkyl halides is 3. The number of aliphatic hydroxyl groups excluding tert-OH is 1. The Bertz CT molecular complexity index is 1780. The fourth-order valence-corrected chi connectivity index (χ4v) is 6.91. The number of likely N-dealkylation sites (tertiary alicyclic amines) is 2. The van der Waals surface area contributed by atoms with Gasteiger partial charge in [-0.05, 0) is 103 Å². The van der Waals surface area contributed by atoms with Crippen LogP contribution in [0.4, 0.5) is 31.5 Å². The van der Waals surface area contributed by atoms with Crippen molar-refractivity contribution >= 4 is 78.8 Å². The third kappa shape index (κ3) is 23.6. The monoisotopic (exact) mass is 1060 g/mol. The molecule has 2 saturated heterocycles. The smallest absolute Gasteiger partial charge is 0.870 e. The zero-order chi connectivity index (χ0) is 46.8. The van der Waals surface area contributed by atoms with E-state index in [9.17, 15) is 45.9 Å². The number of benzene rings is 2.